The molecule has 1 aliphatic heterocycles. The highest BCUT2D eigenvalue weighted by molar-refractivity contribution is 9.10. The van der Waals surface area contributed by atoms with Gasteiger partial charge in [0.2, 0.25) is 0 Å². The van der Waals surface area contributed by atoms with Crippen LogP contribution in [0.2, 0.25) is 0 Å². The van der Waals surface area contributed by atoms with Crippen LogP contribution in [0.3, 0.4) is 0 Å². The zero-order valence-corrected chi connectivity index (χ0v) is 14.9. The SMILES string of the molecule is Cc1nc(N2CCC(c3nncn3C(C)C)CC2)ccc1Br. The molecule has 22 heavy (non-hydrogen) atoms. The minimum Gasteiger partial charge on any atom is -0.357 e. The monoisotopic (exact) mass is 363 g/mol. The highest BCUT2D eigenvalue weighted by Gasteiger charge is 2.25. The van der Waals surface area contributed by atoms with E-state index >= 15 is 0 Å². The average molecular weight is 364 g/mol. The second-order valence-corrected chi connectivity index (χ2v) is 7.04. The van der Waals surface area contributed by atoms with Crippen LogP contribution in [-0.2, 0) is 0 Å². The molecule has 6 heteroatoms. The molecule has 0 amide bonds. The van der Waals surface area contributed by atoms with Crippen molar-refractivity contribution >= 4 is 21.7 Å². The smallest absolute Gasteiger partial charge is 0.136 e. The minimum atomic E-state index is 0.416. The second kappa shape index (κ2) is 6.36. The Hall–Kier alpha value is -1.43. The van der Waals surface area contributed by atoms with E-state index in [9.17, 15) is 0 Å². The lowest BCUT2D eigenvalue weighted by atomic mass is 9.95. The fraction of sp³-hybridized carbons (Fsp3) is 0.562. The molecule has 0 aliphatic carbocycles. The number of piperidine rings is 1. The first-order chi connectivity index (χ1) is 10.6. The van der Waals surface area contributed by atoms with Gasteiger partial charge in [0.25, 0.3) is 0 Å². The van der Waals surface area contributed by atoms with Gasteiger partial charge >= 0.3 is 0 Å². The van der Waals surface area contributed by atoms with Gasteiger partial charge in [-0.05, 0) is 61.7 Å². The summed E-state index contributed by atoms with van der Waals surface area (Å²) in [7, 11) is 0. The lowest BCUT2D eigenvalue weighted by molar-refractivity contribution is 0.447. The first kappa shape index (κ1) is 15.5. The topological polar surface area (TPSA) is 46.8 Å². The molecule has 0 radical (unpaired) electrons. The van der Waals surface area contributed by atoms with Crippen LogP contribution in [0.5, 0.6) is 0 Å². The first-order valence-corrected chi connectivity index (χ1v) is 8.63. The molecule has 118 valence electrons. The molecule has 0 unspecified atom stereocenters. The Kier molecular flexibility index (Phi) is 4.47. The fourth-order valence-corrected chi connectivity index (χ4v) is 3.24. The molecule has 0 N–H and O–H groups in total. The van der Waals surface area contributed by atoms with Crippen LogP contribution >= 0.6 is 15.9 Å². The molecule has 1 aliphatic rings. The molecule has 1 fully saturated rings. The van der Waals surface area contributed by atoms with Gasteiger partial charge in [0, 0.05) is 29.5 Å². The third-order valence-electron chi connectivity index (χ3n) is 4.35. The quantitative estimate of drug-likeness (QED) is 0.833. The maximum atomic E-state index is 4.68. The van der Waals surface area contributed by atoms with Crippen molar-refractivity contribution < 1.29 is 0 Å². The van der Waals surface area contributed by atoms with Gasteiger partial charge < -0.3 is 9.47 Å². The van der Waals surface area contributed by atoms with E-state index < -0.39 is 0 Å². The zero-order chi connectivity index (χ0) is 15.7. The van der Waals surface area contributed by atoms with Gasteiger partial charge in [-0.1, -0.05) is 0 Å². The summed E-state index contributed by atoms with van der Waals surface area (Å²) in [6.45, 7) is 8.42. The number of rotatable bonds is 3. The molecule has 3 heterocycles. The van der Waals surface area contributed by atoms with E-state index in [2.05, 4.69) is 66.6 Å². The van der Waals surface area contributed by atoms with Gasteiger partial charge in [0.1, 0.15) is 18.0 Å². The highest BCUT2D eigenvalue weighted by atomic mass is 79.9. The summed E-state index contributed by atoms with van der Waals surface area (Å²) in [5, 5.41) is 8.46. The van der Waals surface area contributed by atoms with Crippen LogP contribution in [0.1, 0.15) is 50.2 Å². The van der Waals surface area contributed by atoms with E-state index in [1.807, 2.05) is 13.3 Å². The van der Waals surface area contributed by atoms with Gasteiger partial charge in [-0.15, -0.1) is 10.2 Å². The van der Waals surface area contributed by atoms with E-state index in [0.29, 0.717) is 12.0 Å². The van der Waals surface area contributed by atoms with Crippen LogP contribution in [0.15, 0.2) is 22.9 Å². The summed E-state index contributed by atoms with van der Waals surface area (Å²) in [6.07, 6.45) is 4.05. The van der Waals surface area contributed by atoms with Crippen LogP contribution in [0, 0.1) is 6.92 Å². The Labute approximate surface area is 139 Å². The van der Waals surface area contributed by atoms with Crippen molar-refractivity contribution in [1.29, 1.82) is 0 Å². The molecule has 1 saturated heterocycles. The van der Waals surface area contributed by atoms with Crippen LogP contribution in [0.25, 0.3) is 0 Å². The summed E-state index contributed by atoms with van der Waals surface area (Å²) in [5.74, 6) is 2.71. The van der Waals surface area contributed by atoms with Gasteiger partial charge in [0.05, 0.1) is 5.69 Å². The molecule has 5 nitrogen and oxygen atoms in total. The molecule has 2 aromatic heterocycles. The minimum absolute atomic E-state index is 0.416. The van der Waals surface area contributed by atoms with Gasteiger partial charge in [-0.3, -0.25) is 0 Å². The number of anilines is 1. The van der Waals surface area contributed by atoms with Crippen LogP contribution in [-0.4, -0.2) is 32.8 Å². The maximum Gasteiger partial charge on any atom is 0.136 e. The van der Waals surface area contributed by atoms with E-state index in [-0.39, 0.29) is 0 Å². The first-order valence-electron chi connectivity index (χ1n) is 7.83. The predicted molar refractivity (Wildman–Crippen MR) is 91.3 cm³/mol. The zero-order valence-electron chi connectivity index (χ0n) is 13.3. The van der Waals surface area contributed by atoms with Crippen LogP contribution < -0.4 is 4.90 Å². The predicted octanol–water partition coefficient (Wildman–Crippen LogP) is 3.71. The molecular formula is C16H22BrN5. The van der Waals surface area contributed by atoms with E-state index in [4.69, 9.17) is 0 Å². The number of nitrogens with zero attached hydrogens (tertiary/aromatic N) is 5. The Morgan fingerprint density at radius 1 is 1.23 bits per heavy atom. The summed E-state index contributed by atoms with van der Waals surface area (Å²) in [4.78, 5) is 7.04. The normalized spacial score (nSPS) is 16.5. The molecule has 0 spiro atoms. The number of pyridine rings is 1. The Morgan fingerprint density at radius 3 is 2.59 bits per heavy atom. The Morgan fingerprint density at radius 2 is 1.95 bits per heavy atom. The molecule has 0 aromatic carbocycles. The summed E-state index contributed by atoms with van der Waals surface area (Å²) >= 11 is 3.51. The summed E-state index contributed by atoms with van der Waals surface area (Å²) in [5.41, 5.74) is 1.04. The Balaban J connectivity index is 1.69. The van der Waals surface area contributed by atoms with Crippen molar-refractivity contribution in [2.45, 2.75) is 45.6 Å². The molecular weight excluding hydrogens is 342 g/mol. The van der Waals surface area contributed by atoms with Crippen molar-refractivity contribution in [2.24, 2.45) is 0 Å². The van der Waals surface area contributed by atoms with Gasteiger partial charge in [-0.25, -0.2) is 4.98 Å². The molecule has 0 atom stereocenters. The lowest BCUT2D eigenvalue weighted by Crippen LogP contribution is -2.34. The number of hydrogen-bond donors (Lipinski definition) is 0. The van der Waals surface area contributed by atoms with Gasteiger partial charge in [0.15, 0.2) is 0 Å². The third-order valence-corrected chi connectivity index (χ3v) is 5.19. The van der Waals surface area contributed by atoms with Crippen molar-refractivity contribution in [3.8, 4) is 0 Å². The Bertz CT molecular complexity index is 644. The molecule has 0 saturated carbocycles. The number of halogens is 1. The van der Waals surface area contributed by atoms with Gasteiger partial charge in [-0.2, -0.15) is 0 Å². The molecule has 0 bridgehead atoms. The second-order valence-electron chi connectivity index (χ2n) is 6.19. The van der Waals surface area contributed by atoms with Crippen molar-refractivity contribution in [3.05, 3.63) is 34.5 Å². The number of hydrogen-bond acceptors (Lipinski definition) is 4. The van der Waals surface area contributed by atoms with Crippen molar-refractivity contribution in [3.63, 3.8) is 0 Å². The maximum absolute atomic E-state index is 4.68. The standard InChI is InChI=1S/C16H22BrN5/c1-11(2)22-10-18-20-16(22)13-6-8-21(9-7-13)15-5-4-14(17)12(3)19-15/h4-5,10-11,13H,6-9H2,1-3H3. The largest absolute Gasteiger partial charge is 0.357 e. The van der Waals surface area contributed by atoms with Crippen molar-refractivity contribution in [2.75, 3.05) is 18.0 Å². The number of aromatic nitrogens is 4. The molecule has 3 rings (SSSR count). The van der Waals surface area contributed by atoms with E-state index in [1.165, 1.54) is 0 Å². The average Bonchev–Trinajstić information content (AvgIpc) is 3.00. The lowest BCUT2D eigenvalue weighted by Gasteiger charge is -2.33. The van der Waals surface area contributed by atoms with Crippen molar-refractivity contribution in [1.82, 2.24) is 19.7 Å². The highest BCUT2D eigenvalue weighted by Crippen LogP contribution is 2.30. The van der Waals surface area contributed by atoms with E-state index in [1.54, 1.807) is 0 Å². The van der Waals surface area contributed by atoms with Crippen LogP contribution in [0.4, 0.5) is 5.82 Å². The molecule has 2 aromatic rings. The summed E-state index contributed by atoms with van der Waals surface area (Å²) in [6, 6.07) is 4.59. The summed E-state index contributed by atoms with van der Waals surface area (Å²) < 4.78 is 3.26. The third kappa shape index (κ3) is 3.02. The fourth-order valence-electron chi connectivity index (χ4n) is 3.02. The number of aryl methyl sites for hydroxylation is 1. The van der Waals surface area contributed by atoms with E-state index in [0.717, 1.165) is 47.7 Å².